The molecule has 2 aromatic rings. The van der Waals surface area contributed by atoms with E-state index in [9.17, 15) is 4.79 Å². The summed E-state index contributed by atoms with van der Waals surface area (Å²) in [5.41, 5.74) is 7.00. The zero-order chi connectivity index (χ0) is 14.5. The number of hydrogen-bond donors (Lipinski definition) is 1. The quantitative estimate of drug-likeness (QED) is 0.859. The van der Waals surface area contributed by atoms with E-state index in [-0.39, 0.29) is 5.91 Å². The van der Waals surface area contributed by atoms with Crippen LogP contribution in [0.25, 0.3) is 0 Å². The van der Waals surface area contributed by atoms with Gasteiger partial charge in [0.25, 0.3) is 5.91 Å². The summed E-state index contributed by atoms with van der Waals surface area (Å²) in [5, 5.41) is 6.01. The molecule has 0 aliphatic rings. The molecular weight excluding hydrogens is 272 g/mol. The van der Waals surface area contributed by atoms with Gasteiger partial charge in [-0.1, -0.05) is 11.8 Å². The fourth-order valence-electron chi connectivity index (χ4n) is 1.76. The lowest BCUT2D eigenvalue weighted by Gasteiger charge is -2.15. The summed E-state index contributed by atoms with van der Waals surface area (Å²) < 4.78 is 1.62. The number of aryl methyl sites for hydroxylation is 1. The number of thiophene rings is 1. The Balaban J connectivity index is 2.02. The molecule has 2 N–H and O–H groups in total. The van der Waals surface area contributed by atoms with Crippen LogP contribution < -0.4 is 5.73 Å². The lowest BCUT2D eigenvalue weighted by atomic mass is 10.2. The van der Waals surface area contributed by atoms with Gasteiger partial charge in [-0.15, -0.1) is 11.3 Å². The molecule has 20 heavy (non-hydrogen) atoms. The highest BCUT2D eigenvalue weighted by Gasteiger charge is 2.14. The predicted molar refractivity (Wildman–Crippen MR) is 79.3 cm³/mol. The summed E-state index contributed by atoms with van der Waals surface area (Å²) >= 11 is 1.56. The zero-order valence-electron chi connectivity index (χ0n) is 11.5. The van der Waals surface area contributed by atoms with Crippen LogP contribution in [0.1, 0.15) is 20.8 Å². The number of rotatable bonds is 3. The van der Waals surface area contributed by atoms with E-state index >= 15 is 0 Å². The normalized spacial score (nSPS) is 9.95. The number of nitrogens with zero attached hydrogens (tertiary/aromatic N) is 3. The van der Waals surface area contributed by atoms with Gasteiger partial charge in [0.1, 0.15) is 0 Å². The molecule has 0 spiro atoms. The number of hydrogen-bond acceptors (Lipinski definition) is 4. The molecule has 6 heteroatoms. The molecule has 0 saturated heterocycles. The molecule has 5 nitrogen and oxygen atoms in total. The molecule has 2 aromatic heterocycles. The van der Waals surface area contributed by atoms with Gasteiger partial charge in [-0.25, -0.2) is 0 Å². The number of carbonyl (C=O) groups excluding carboxylic acids is 1. The van der Waals surface area contributed by atoms with Gasteiger partial charge in [0, 0.05) is 26.8 Å². The van der Waals surface area contributed by atoms with Gasteiger partial charge in [-0.2, -0.15) is 5.10 Å². The van der Waals surface area contributed by atoms with Crippen molar-refractivity contribution < 1.29 is 4.79 Å². The van der Waals surface area contributed by atoms with Crippen LogP contribution in [0.2, 0.25) is 0 Å². The first-order valence-corrected chi connectivity index (χ1v) is 6.98. The molecule has 0 atom stereocenters. The topological polar surface area (TPSA) is 64.2 Å². The predicted octanol–water partition coefficient (Wildman–Crippen LogP) is 1.06. The highest BCUT2D eigenvalue weighted by atomic mass is 32.1. The smallest absolute Gasteiger partial charge is 0.257 e. The Bertz CT molecular complexity index is 662. The molecule has 0 bridgehead atoms. The fraction of sp³-hybridized carbons (Fsp3) is 0.286. The summed E-state index contributed by atoms with van der Waals surface area (Å²) in [7, 11) is 3.57. The van der Waals surface area contributed by atoms with Crippen molar-refractivity contribution in [3.63, 3.8) is 0 Å². The Labute approximate surface area is 122 Å². The van der Waals surface area contributed by atoms with E-state index in [1.54, 1.807) is 47.4 Å². The molecule has 0 radical (unpaired) electrons. The van der Waals surface area contributed by atoms with Crippen molar-refractivity contribution in [3.8, 4) is 11.8 Å². The lowest BCUT2D eigenvalue weighted by Crippen LogP contribution is -2.25. The van der Waals surface area contributed by atoms with Gasteiger partial charge in [0.05, 0.1) is 23.2 Å². The van der Waals surface area contributed by atoms with E-state index in [1.807, 2.05) is 11.4 Å². The molecule has 0 saturated carbocycles. The van der Waals surface area contributed by atoms with Crippen LogP contribution in [-0.4, -0.2) is 34.2 Å². The number of carbonyl (C=O) groups is 1. The minimum Gasteiger partial charge on any atom is -0.337 e. The Hall–Kier alpha value is -2.10. The van der Waals surface area contributed by atoms with Crippen LogP contribution in [0.15, 0.2) is 23.8 Å². The van der Waals surface area contributed by atoms with E-state index in [0.29, 0.717) is 18.7 Å². The molecule has 0 fully saturated rings. The molecule has 104 valence electrons. The van der Waals surface area contributed by atoms with Gasteiger partial charge in [0.2, 0.25) is 0 Å². The number of aromatic nitrogens is 2. The monoisotopic (exact) mass is 288 g/mol. The maximum atomic E-state index is 12.2. The van der Waals surface area contributed by atoms with E-state index in [2.05, 4.69) is 16.9 Å². The minimum absolute atomic E-state index is 0.0427. The van der Waals surface area contributed by atoms with Gasteiger partial charge in [-0.3, -0.25) is 9.48 Å². The largest absolute Gasteiger partial charge is 0.337 e. The van der Waals surface area contributed by atoms with Gasteiger partial charge in [0.15, 0.2) is 0 Å². The second-order valence-electron chi connectivity index (χ2n) is 4.39. The van der Waals surface area contributed by atoms with E-state index in [4.69, 9.17) is 5.73 Å². The third-order valence-electron chi connectivity index (χ3n) is 2.69. The van der Waals surface area contributed by atoms with Gasteiger partial charge < -0.3 is 10.6 Å². The first-order chi connectivity index (χ1) is 9.60. The van der Waals surface area contributed by atoms with E-state index < -0.39 is 0 Å². The third kappa shape index (κ3) is 3.47. The van der Waals surface area contributed by atoms with Crippen LogP contribution in [0.5, 0.6) is 0 Å². The van der Waals surface area contributed by atoms with Crippen molar-refractivity contribution in [1.82, 2.24) is 14.7 Å². The number of amides is 1. The van der Waals surface area contributed by atoms with Crippen LogP contribution in [-0.2, 0) is 13.6 Å². The second-order valence-corrected chi connectivity index (χ2v) is 5.30. The van der Waals surface area contributed by atoms with Gasteiger partial charge in [-0.05, 0) is 17.0 Å². The average molecular weight is 288 g/mol. The molecule has 1 amide bonds. The minimum atomic E-state index is -0.0427. The van der Waals surface area contributed by atoms with E-state index in [1.165, 1.54) is 0 Å². The van der Waals surface area contributed by atoms with Crippen molar-refractivity contribution in [2.24, 2.45) is 12.8 Å². The first kappa shape index (κ1) is 14.3. The summed E-state index contributed by atoms with van der Waals surface area (Å²) in [6.45, 7) is 0.904. The lowest BCUT2D eigenvalue weighted by molar-refractivity contribution is 0.0785. The summed E-state index contributed by atoms with van der Waals surface area (Å²) in [6.07, 6.45) is 3.29. The molecule has 2 rings (SSSR count). The summed E-state index contributed by atoms with van der Waals surface area (Å²) in [6, 6.07) is 1.99. The Morgan fingerprint density at radius 2 is 2.40 bits per heavy atom. The molecular formula is C14H16N4OS. The molecule has 2 heterocycles. The third-order valence-corrected chi connectivity index (χ3v) is 3.58. The summed E-state index contributed by atoms with van der Waals surface area (Å²) in [4.78, 5) is 14.8. The standard InChI is InChI=1S/C14H16N4OS/c1-17(14(19)12-7-16-18(2)9-12)8-11-6-13(20-10-11)4-3-5-15/h6-7,9-10H,5,8,15H2,1-2H3. The van der Waals surface area contributed by atoms with Crippen molar-refractivity contribution >= 4 is 17.2 Å². The zero-order valence-corrected chi connectivity index (χ0v) is 12.3. The van der Waals surface area contributed by atoms with Crippen LogP contribution in [0.4, 0.5) is 0 Å². The fourth-order valence-corrected chi connectivity index (χ4v) is 2.53. The van der Waals surface area contributed by atoms with Crippen molar-refractivity contribution in [2.45, 2.75) is 6.54 Å². The highest BCUT2D eigenvalue weighted by Crippen LogP contribution is 2.16. The first-order valence-electron chi connectivity index (χ1n) is 6.10. The maximum absolute atomic E-state index is 12.2. The van der Waals surface area contributed by atoms with Gasteiger partial charge >= 0.3 is 0 Å². The average Bonchev–Trinajstić information content (AvgIpc) is 3.04. The maximum Gasteiger partial charge on any atom is 0.257 e. The van der Waals surface area contributed by atoms with Crippen molar-refractivity contribution in [2.75, 3.05) is 13.6 Å². The van der Waals surface area contributed by atoms with Crippen molar-refractivity contribution in [3.05, 3.63) is 39.8 Å². The molecule has 0 aliphatic heterocycles. The highest BCUT2D eigenvalue weighted by molar-refractivity contribution is 7.10. The van der Waals surface area contributed by atoms with Crippen molar-refractivity contribution in [1.29, 1.82) is 0 Å². The molecule has 0 unspecified atom stereocenters. The Kier molecular flexibility index (Phi) is 4.56. The van der Waals surface area contributed by atoms with Crippen LogP contribution in [0.3, 0.4) is 0 Å². The van der Waals surface area contributed by atoms with Crippen LogP contribution >= 0.6 is 11.3 Å². The van der Waals surface area contributed by atoms with Crippen LogP contribution in [0, 0.1) is 11.8 Å². The molecule has 0 aromatic carbocycles. The Morgan fingerprint density at radius 1 is 1.60 bits per heavy atom. The summed E-state index contributed by atoms with van der Waals surface area (Å²) in [5.74, 6) is 5.77. The SMILES string of the molecule is CN(Cc1csc(C#CCN)c1)C(=O)c1cnn(C)c1. The number of nitrogens with two attached hydrogens (primary N) is 1. The Morgan fingerprint density at radius 3 is 3.05 bits per heavy atom. The molecule has 0 aliphatic carbocycles. The van der Waals surface area contributed by atoms with E-state index in [0.717, 1.165) is 10.4 Å². The second kappa shape index (κ2) is 6.37.